The molecule has 0 bridgehead atoms. The summed E-state index contributed by atoms with van der Waals surface area (Å²) in [6.07, 6.45) is 3.46. The van der Waals surface area contributed by atoms with E-state index in [0.717, 1.165) is 25.7 Å². The molecule has 5 nitrogen and oxygen atoms in total. The van der Waals surface area contributed by atoms with Gasteiger partial charge >= 0.3 is 0 Å². The van der Waals surface area contributed by atoms with Crippen LogP contribution in [0.25, 0.3) is 0 Å². The van der Waals surface area contributed by atoms with E-state index in [0.29, 0.717) is 22.9 Å². The summed E-state index contributed by atoms with van der Waals surface area (Å²) in [7, 11) is 1.53. The van der Waals surface area contributed by atoms with E-state index in [-0.39, 0.29) is 12.5 Å². The number of anilines is 1. The average Bonchev–Trinajstić information content (AvgIpc) is 2.47. The molecule has 1 aromatic carbocycles. The number of aliphatic hydroxyl groups is 1. The van der Waals surface area contributed by atoms with Gasteiger partial charge < -0.3 is 20.9 Å². The summed E-state index contributed by atoms with van der Waals surface area (Å²) >= 11 is 0. The fourth-order valence-electron chi connectivity index (χ4n) is 2.69. The number of benzene rings is 1. The van der Waals surface area contributed by atoms with Crippen LogP contribution in [0, 0.1) is 5.92 Å². The molecule has 0 radical (unpaired) electrons. The second kappa shape index (κ2) is 6.35. The van der Waals surface area contributed by atoms with Crippen molar-refractivity contribution in [2.75, 3.05) is 19.4 Å². The van der Waals surface area contributed by atoms with Crippen LogP contribution in [0.1, 0.15) is 43.0 Å². The van der Waals surface area contributed by atoms with Crippen LogP contribution in [-0.2, 0) is 0 Å². The molecule has 1 saturated carbocycles. The summed E-state index contributed by atoms with van der Waals surface area (Å²) in [4.78, 5) is 12.2. The summed E-state index contributed by atoms with van der Waals surface area (Å²) in [6, 6.07) is 4.90. The number of carbonyl (C=O) groups excluding carboxylic acids is 1. The highest BCUT2D eigenvalue weighted by Gasteiger charge is 2.32. The van der Waals surface area contributed by atoms with Crippen LogP contribution >= 0.6 is 0 Å². The molecular weight excluding hydrogens is 268 g/mol. The Kier molecular flexibility index (Phi) is 4.73. The van der Waals surface area contributed by atoms with Gasteiger partial charge in [0.2, 0.25) is 0 Å². The Bertz CT molecular complexity index is 508. The number of hydrogen-bond acceptors (Lipinski definition) is 4. The molecule has 1 fully saturated rings. The predicted molar refractivity (Wildman–Crippen MR) is 82.3 cm³/mol. The van der Waals surface area contributed by atoms with E-state index in [1.807, 2.05) is 0 Å². The third-order valence-corrected chi connectivity index (χ3v) is 4.21. The van der Waals surface area contributed by atoms with E-state index < -0.39 is 5.60 Å². The van der Waals surface area contributed by atoms with Crippen molar-refractivity contribution in [1.29, 1.82) is 0 Å². The Balaban J connectivity index is 1.97. The van der Waals surface area contributed by atoms with Gasteiger partial charge in [-0.15, -0.1) is 0 Å². The van der Waals surface area contributed by atoms with Crippen molar-refractivity contribution in [1.82, 2.24) is 5.32 Å². The molecule has 5 heteroatoms. The standard InChI is InChI=1S/C16H24N2O3/c1-11-3-5-16(20,6-4-11)10-18-15(19)12-7-13(17)9-14(8-12)21-2/h7-9,11,20H,3-6,10,17H2,1-2H3,(H,18,19). The molecule has 0 atom stereocenters. The van der Waals surface area contributed by atoms with Crippen LogP contribution in [-0.4, -0.2) is 30.3 Å². The highest BCUT2D eigenvalue weighted by atomic mass is 16.5. The summed E-state index contributed by atoms with van der Waals surface area (Å²) in [5.41, 5.74) is 5.88. The van der Waals surface area contributed by atoms with Crippen LogP contribution in [0.3, 0.4) is 0 Å². The maximum atomic E-state index is 12.2. The smallest absolute Gasteiger partial charge is 0.251 e. The molecule has 1 amide bonds. The lowest BCUT2D eigenvalue weighted by molar-refractivity contribution is -0.00539. The zero-order valence-corrected chi connectivity index (χ0v) is 12.7. The first-order valence-electron chi connectivity index (χ1n) is 7.37. The van der Waals surface area contributed by atoms with Gasteiger partial charge in [0, 0.05) is 23.9 Å². The Morgan fingerprint density at radius 2 is 2.10 bits per heavy atom. The molecule has 0 aliphatic heterocycles. The number of nitrogens with one attached hydrogen (secondary N) is 1. The molecule has 0 saturated heterocycles. The Morgan fingerprint density at radius 3 is 2.71 bits per heavy atom. The van der Waals surface area contributed by atoms with Gasteiger partial charge in [0.1, 0.15) is 5.75 Å². The maximum Gasteiger partial charge on any atom is 0.251 e. The molecule has 1 aliphatic carbocycles. The van der Waals surface area contributed by atoms with Gasteiger partial charge in [-0.05, 0) is 43.7 Å². The SMILES string of the molecule is COc1cc(N)cc(C(=O)NCC2(O)CCC(C)CC2)c1. The third-order valence-electron chi connectivity index (χ3n) is 4.21. The second-order valence-corrected chi connectivity index (χ2v) is 6.08. The minimum atomic E-state index is -0.785. The molecule has 0 heterocycles. The quantitative estimate of drug-likeness (QED) is 0.741. The first-order valence-corrected chi connectivity index (χ1v) is 7.37. The Labute approximate surface area is 125 Å². The van der Waals surface area contributed by atoms with Crippen molar-refractivity contribution < 1.29 is 14.6 Å². The molecule has 21 heavy (non-hydrogen) atoms. The minimum Gasteiger partial charge on any atom is -0.497 e. The first kappa shape index (κ1) is 15.6. The summed E-state index contributed by atoms with van der Waals surface area (Å²) < 4.78 is 5.10. The van der Waals surface area contributed by atoms with Gasteiger partial charge in [0.15, 0.2) is 0 Å². The molecule has 0 aromatic heterocycles. The number of methoxy groups -OCH3 is 1. The molecule has 1 aromatic rings. The number of hydrogen-bond donors (Lipinski definition) is 3. The molecule has 0 unspecified atom stereocenters. The summed E-state index contributed by atoms with van der Waals surface area (Å²) in [5, 5.41) is 13.3. The van der Waals surface area contributed by atoms with Crippen LogP contribution in [0.4, 0.5) is 5.69 Å². The number of amides is 1. The molecule has 1 aliphatic rings. The van der Waals surface area contributed by atoms with Gasteiger partial charge in [0.05, 0.1) is 12.7 Å². The lowest BCUT2D eigenvalue weighted by Crippen LogP contribution is -2.45. The van der Waals surface area contributed by atoms with Crippen LogP contribution in [0.5, 0.6) is 5.75 Å². The van der Waals surface area contributed by atoms with Gasteiger partial charge in [0.25, 0.3) is 5.91 Å². The van der Waals surface area contributed by atoms with E-state index in [1.165, 1.54) is 7.11 Å². The molecule has 2 rings (SSSR count). The highest BCUT2D eigenvalue weighted by Crippen LogP contribution is 2.31. The topological polar surface area (TPSA) is 84.6 Å². The molecular formula is C16H24N2O3. The van der Waals surface area contributed by atoms with Crippen LogP contribution in [0.15, 0.2) is 18.2 Å². The number of rotatable bonds is 4. The van der Waals surface area contributed by atoms with E-state index >= 15 is 0 Å². The summed E-state index contributed by atoms with van der Waals surface area (Å²) in [6.45, 7) is 2.47. The van der Waals surface area contributed by atoms with Crippen LogP contribution < -0.4 is 15.8 Å². The van der Waals surface area contributed by atoms with Crippen molar-refractivity contribution in [3.8, 4) is 5.75 Å². The first-order chi connectivity index (χ1) is 9.92. The normalized spacial score (nSPS) is 25.4. The number of nitrogen functional groups attached to an aromatic ring is 1. The largest absolute Gasteiger partial charge is 0.497 e. The van der Waals surface area contributed by atoms with Crippen LogP contribution in [0.2, 0.25) is 0 Å². The lowest BCUT2D eigenvalue weighted by atomic mass is 9.79. The van der Waals surface area contributed by atoms with Gasteiger partial charge in [-0.25, -0.2) is 0 Å². The molecule has 4 N–H and O–H groups in total. The Hall–Kier alpha value is -1.75. The van der Waals surface area contributed by atoms with E-state index in [1.54, 1.807) is 18.2 Å². The maximum absolute atomic E-state index is 12.2. The van der Waals surface area contributed by atoms with E-state index in [4.69, 9.17) is 10.5 Å². The van der Waals surface area contributed by atoms with Crippen molar-refractivity contribution in [2.24, 2.45) is 5.92 Å². The number of carbonyl (C=O) groups is 1. The number of nitrogens with two attached hydrogens (primary N) is 1. The number of ether oxygens (including phenoxy) is 1. The zero-order chi connectivity index (χ0) is 15.5. The van der Waals surface area contributed by atoms with Crippen molar-refractivity contribution >= 4 is 11.6 Å². The highest BCUT2D eigenvalue weighted by molar-refractivity contribution is 5.95. The van der Waals surface area contributed by atoms with Gasteiger partial charge in [-0.3, -0.25) is 4.79 Å². The third kappa shape index (κ3) is 4.11. The van der Waals surface area contributed by atoms with Gasteiger partial charge in [-0.2, -0.15) is 0 Å². The molecule has 0 spiro atoms. The molecule has 116 valence electrons. The average molecular weight is 292 g/mol. The minimum absolute atomic E-state index is 0.243. The Morgan fingerprint density at radius 1 is 1.43 bits per heavy atom. The lowest BCUT2D eigenvalue weighted by Gasteiger charge is -2.34. The fourth-order valence-corrected chi connectivity index (χ4v) is 2.69. The van der Waals surface area contributed by atoms with Gasteiger partial charge in [-0.1, -0.05) is 6.92 Å². The van der Waals surface area contributed by atoms with E-state index in [9.17, 15) is 9.90 Å². The fraction of sp³-hybridized carbons (Fsp3) is 0.562. The zero-order valence-electron chi connectivity index (χ0n) is 12.7. The van der Waals surface area contributed by atoms with Crippen molar-refractivity contribution in [3.63, 3.8) is 0 Å². The van der Waals surface area contributed by atoms with Crippen molar-refractivity contribution in [2.45, 2.75) is 38.2 Å². The second-order valence-electron chi connectivity index (χ2n) is 6.08. The predicted octanol–water partition coefficient (Wildman–Crippen LogP) is 1.95. The summed E-state index contributed by atoms with van der Waals surface area (Å²) in [5.74, 6) is 0.956. The van der Waals surface area contributed by atoms with E-state index in [2.05, 4.69) is 12.2 Å². The van der Waals surface area contributed by atoms with Crippen molar-refractivity contribution in [3.05, 3.63) is 23.8 Å². The monoisotopic (exact) mass is 292 g/mol.